The quantitative estimate of drug-likeness (QED) is 0.796. The van der Waals surface area contributed by atoms with Crippen LogP contribution in [0.3, 0.4) is 0 Å². The van der Waals surface area contributed by atoms with E-state index in [1.54, 1.807) is 0 Å². The highest BCUT2D eigenvalue weighted by Crippen LogP contribution is 2.33. The van der Waals surface area contributed by atoms with Gasteiger partial charge in [0.15, 0.2) is 0 Å². The molecule has 0 radical (unpaired) electrons. The summed E-state index contributed by atoms with van der Waals surface area (Å²) in [5, 5.41) is 3.68. The SMILES string of the molecule is CC1(C(=O)N2CCC(NCC3CC3)CC2)CCCN(C(=O)c2ccccc2)C1.Cl. The van der Waals surface area contributed by atoms with Crippen molar-refractivity contribution in [3.05, 3.63) is 35.9 Å². The molecule has 1 aliphatic carbocycles. The van der Waals surface area contributed by atoms with Gasteiger partial charge in [0.2, 0.25) is 5.91 Å². The number of nitrogens with zero attached hydrogens (tertiary/aromatic N) is 2. The van der Waals surface area contributed by atoms with Crippen molar-refractivity contribution in [3.8, 4) is 0 Å². The van der Waals surface area contributed by atoms with Gasteiger partial charge in [0, 0.05) is 37.8 Å². The molecule has 6 heteroatoms. The highest BCUT2D eigenvalue weighted by Gasteiger charge is 2.42. The Morgan fingerprint density at radius 3 is 2.38 bits per heavy atom. The zero-order valence-corrected chi connectivity index (χ0v) is 18.3. The number of halogens is 1. The first-order chi connectivity index (χ1) is 13.5. The first kappa shape index (κ1) is 22.1. The van der Waals surface area contributed by atoms with Gasteiger partial charge in [-0.3, -0.25) is 9.59 Å². The van der Waals surface area contributed by atoms with Crippen LogP contribution in [0.5, 0.6) is 0 Å². The smallest absolute Gasteiger partial charge is 0.253 e. The Bertz CT molecular complexity index is 701. The molecule has 1 unspecified atom stereocenters. The summed E-state index contributed by atoms with van der Waals surface area (Å²) in [5.41, 5.74) is 0.249. The lowest BCUT2D eigenvalue weighted by Gasteiger charge is -2.43. The zero-order chi connectivity index (χ0) is 19.6. The maximum absolute atomic E-state index is 13.3. The normalized spacial score (nSPS) is 25.4. The molecule has 0 aromatic heterocycles. The van der Waals surface area contributed by atoms with Crippen LogP contribution in [-0.2, 0) is 4.79 Å². The summed E-state index contributed by atoms with van der Waals surface area (Å²) >= 11 is 0. The topological polar surface area (TPSA) is 52.7 Å². The molecule has 3 fully saturated rings. The number of carbonyl (C=O) groups excluding carboxylic acids is 2. The molecule has 1 N–H and O–H groups in total. The number of nitrogens with one attached hydrogen (secondary N) is 1. The fourth-order valence-corrected chi connectivity index (χ4v) is 4.67. The predicted octanol–water partition coefficient (Wildman–Crippen LogP) is 3.34. The van der Waals surface area contributed by atoms with Crippen LogP contribution in [0.4, 0.5) is 0 Å². The summed E-state index contributed by atoms with van der Waals surface area (Å²) in [7, 11) is 0. The van der Waals surface area contributed by atoms with Gasteiger partial charge in [-0.2, -0.15) is 0 Å². The maximum Gasteiger partial charge on any atom is 0.253 e. The standard InChI is InChI=1S/C23H33N3O2.ClH/c1-23(12-5-13-26(17-23)21(27)19-6-3-2-4-7-19)22(28)25-14-10-20(11-15-25)24-16-18-8-9-18;/h2-4,6-7,18,20,24H,5,8-17H2,1H3;1H. The lowest BCUT2D eigenvalue weighted by atomic mass is 9.79. The van der Waals surface area contributed by atoms with Crippen molar-refractivity contribution in [1.82, 2.24) is 15.1 Å². The molecule has 1 saturated carbocycles. The van der Waals surface area contributed by atoms with Crippen molar-refractivity contribution in [1.29, 1.82) is 0 Å². The van der Waals surface area contributed by atoms with E-state index >= 15 is 0 Å². The molecular weight excluding hydrogens is 386 g/mol. The molecule has 2 saturated heterocycles. The monoisotopic (exact) mass is 419 g/mol. The van der Waals surface area contributed by atoms with Gasteiger partial charge < -0.3 is 15.1 Å². The molecule has 1 atom stereocenters. The Labute approximate surface area is 180 Å². The fraction of sp³-hybridized carbons (Fsp3) is 0.652. The number of amides is 2. The Kier molecular flexibility index (Phi) is 7.23. The van der Waals surface area contributed by atoms with Crippen molar-refractivity contribution in [2.24, 2.45) is 11.3 Å². The Morgan fingerprint density at radius 1 is 1.03 bits per heavy atom. The van der Waals surface area contributed by atoms with Crippen LogP contribution in [0.2, 0.25) is 0 Å². The third-order valence-corrected chi connectivity index (χ3v) is 6.69. The van der Waals surface area contributed by atoms with Gasteiger partial charge in [-0.25, -0.2) is 0 Å². The van der Waals surface area contributed by atoms with Crippen LogP contribution < -0.4 is 5.32 Å². The summed E-state index contributed by atoms with van der Waals surface area (Å²) in [6, 6.07) is 9.97. The van der Waals surface area contributed by atoms with E-state index < -0.39 is 5.41 Å². The van der Waals surface area contributed by atoms with Gasteiger partial charge in [-0.15, -0.1) is 12.4 Å². The van der Waals surface area contributed by atoms with Crippen LogP contribution in [0.25, 0.3) is 0 Å². The molecule has 1 aromatic carbocycles. The number of rotatable bonds is 5. The summed E-state index contributed by atoms with van der Waals surface area (Å²) in [4.78, 5) is 30.1. The minimum atomic E-state index is -0.461. The third kappa shape index (κ3) is 5.32. The summed E-state index contributed by atoms with van der Waals surface area (Å²) < 4.78 is 0. The van der Waals surface area contributed by atoms with E-state index in [0.29, 0.717) is 18.2 Å². The van der Waals surface area contributed by atoms with Crippen LogP contribution in [-0.4, -0.2) is 60.4 Å². The average molecular weight is 420 g/mol. The summed E-state index contributed by atoms with van der Waals surface area (Å²) in [6.07, 6.45) is 6.59. The van der Waals surface area contributed by atoms with Crippen molar-refractivity contribution < 1.29 is 9.59 Å². The molecule has 0 bridgehead atoms. The predicted molar refractivity (Wildman–Crippen MR) is 117 cm³/mol. The van der Waals surface area contributed by atoms with E-state index in [9.17, 15) is 9.59 Å². The minimum absolute atomic E-state index is 0. The van der Waals surface area contributed by atoms with E-state index in [-0.39, 0.29) is 24.2 Å². The van der Waals surface area contributed by atoms with Gasteiger partial charge in [0.1, 0.15) is 0 Å². The zero-order valence-electron chi connectivity index (χ0n) is 17.4. The molecule has 0 spiro atoms. The summed E-state index contributed by atoms with van der Waals surface area (Å²) in [5.74, 6) is 1.18. The molecular formula is C23H34ClN3O2. The molecule has 29 heavy (non-hydrogen) atoms. The largest absolute Gasteiger partial charge is 0.342 e. The van der Waals surface area contributed by atoms with E-state index in [0.717, 1.165) is 57.8 Å². The fourth-order valence-electron chi connectivity index (χ4n) is 4.67. The molecule has 2 amide bonds. The number of piperidine rings is 2. The lowest BCUT2D eigenvalue weighted by Crippen LogP contribution is -2.55. The maximum atomic E-state index is 13.3. The van der Waals surface area contributed by atoms with Crippen LogP contribution in [0.15, 0.2) is 30.3 Å². The average Bonchev–Trinajstić information content (AvgIpc) is 3.57. The van der Waals surface area contributed by atoms with Gasteiger partial charge in [-0.05, 0) is 70.0 Å². The van der Waals surface area contributed by atoms with E-state index in [1.807, 2.05) is 40.1 Å². The van der Waals surface area contributed by atoms with Crippen molar-refractivity contribution in [3.63, 3.8) is 0 Å². The number of carbonyl (C=O) groups is 2. The second kappa shape index (κ2) is 9.48. The second-order valence-corrected chi connectivity index (χ2v) is 9.18. The van der Waals surface area contributed by atoms with Gasteiger partial charge in [0.05, 0.1) is 5.41 Å². The molecule has 4 rings (SSSR count). The first-order valence-corrected chi connectivity index (χ1v) is 10.9. The highest BCUT2D eigenvalue weighted by atomic mass is 35.5. The lowest BCUT2D eigenvalue weighted by molar-refractivity contribution is -0.145. The Balaban J connectivity index is 0.00000240. The molecule has 1 aromatic rings. The number of hydrogen-bond donors (Lipinski definition) is 1. The molecule has 2 heterocycles. The van der Waals surface area contributed by atoms with E-state index in [2.05, 4.69) is 12.2 Å². The van der Waals surface area contributed by atoms with E-state index in [4.69, 9.17) is 0 Å². The summed E-state index contributed by atoms with van der Waals surface area (Å²) in [6.45, 7) is 6.14. The van der Waals surface area contributed by atoms with E-state index in [1.165, 1.54) is 12.8 Å². The van der Waals surface area contributed by atoms with Crippen molar-refractivity contribution in [2.45, 2.75) is 51.5 Å². The number of likely N-dealkylation sites (tertiary alicyclic amines) is 2. The van der Waals surface area contributed by atoms with Crippen LogP contribution >= 0.6 is 12.4 Å². The number of benzene rings is 1. The van der Waals surface area contributed by atoms with Crippen LogP contribution in [0.1, 0.15) is 55.8 Å². The molecule has 3 aliphatic rings. The van der Waals surface area contributed by atoms with Crippen LogP contribution in [0, 0.1) is 11.3 Å². The Hall–Kier alpha value is -1.59. The van der Waals surface area contributed by atoms with Crippen molar-refractivity contribution in [2.75, 3.05) is 32.7 Å². The molecule has 5 nitrogen and oxygen atoms in total. The molecule has 2 aliphatic heterocycles. The van der Waals surface area contributed by atoms with Gasteiger partial charge in [0.25, 0.3) is 5.91 Å². The minimum Gasteiger partial charge on any atom is -0.342 e. The molecule has 160 valence electrons. The Morgan fingerprint density at radius 2 is 1.72 bits per heavy atom. The highest BCUT2D eigenvalue weighted by molar-refractivity contribution is 5.95. The number of hydrogen-bond acceptors (Lipinski definition) is 3. The second-order valence-electron chi connectivity index (χ2n) is 9.18. The van der Waals surface area contributed by atoms with Gasteiger partial charge >= 0.3 is 0 Å². The first-order valence-electron chi connectivity index (χ1n) is 10.9. The third-order valence-electron chi connectivity index (χ3n) is 6.69. The van der Waals surface area contributed by atoms with Gasteiger partial charge in [-0.1, -0.05) is 18.2 Å². The van der Waals surface area contributed by atoms with Crippen molar-refractivity contribution >= 4 is 24.2 Å².